The Balaban J connectivity index is 2.43. The van der Waals surface area contributed by atoms with Crippen molar-refractivity contribution in [3.63, 3.8) is 0 Å². The van der Waals surface area contributed by atoms with Crippen LogP contribution in [0.1, 0.15) is 12.0 Å². The molecule has 1 aromatic carbocycles. The van der Waals surface area contributed by atoms with Gasteiger partial charge in [0.2, 0.25) is 0 Å². The molecule has 2 nitrogen and oxygen atoms in total. The second kappa shape index (κ2) is 4.41. The molecule has 0 atom stereocenters. The Kier molecular flexibility index (Phi) is 3.19. The number of alkyl halides is 1. The first-order valence-corrected chi connectivity index (χ1v) is 5.95. The normalized spacial score (nSPS) is 15.0. The van der Waals surface area contributed by atoms with Crippen LogP contribution in [-0.2, 0) is 5.33 Å². The Bertz CT molecular complexity index is 341. The van der Waals surface area contributed by atoms with Crippen molar-refractivity contribution in [2.24, 2.45) is 0 Å². The lowest BCUT2D eigenvalue weighted by molar-refractivity contribution is 0.297. The smallest absolute Gasteiger partial charge is 0.179 e. The maximum atomic E-state index is 6.07. The summed E-state index contributed by atoms with van der Waals surface area (Å²) in [5, 5.41) is 1.39. The summed E-state index contributed by atoms with van der Waals surface area (Å²) in [6.45, 7) is 1.36. The van der Waals surface area contributed by atoms with E-state index in [1.807, 2.05) is 12.1 Å². The van der Waals surface area contributed by atoms with Crippen LogP contribution in [0.5, 0.6) is 11.5 Å². The molecule has 4 heteroatoms. The van der Waals surface area contributed by atoms with Gasteiger partial charge >= 0.3 is 0 Å². The van der Waals surface area contributed by atoms with Gasteiger partial charge in [0.15, 0.2) is 11.5 Å². The molecular formula is C10H10BrClO2. The van der Waals surface area contributed by atoms with Gasteiger partial charge in [-0.1, -0.05) is 27.5 Å². The van der Waals surface area contributed by atoms with Crippen molar-refractivity contribution in [2.45, 2.75) is 11.8 Å². The van der Waals surface area contributed by atoms with Crippen LogP contribution in [0.15, 0.2) is 12.1 Å². The summed E-state index contributed by atoms with van der Waals surface area (Å²) in [6, 6.07) is 3.85. The fraction of sp³-hybridized carbons (Fsp3) is 0.400. The summed E-state index contributed by atoms with van der Waals surface area (Å²) in [7, 11) is 0. The largest absolute Gasteiger partial charge is 0.489 e. The van der Waals surface area contributed by atoms with E-state index < -0.39 is 0 Å². The zero-order valence-corrected chi connectivity index (χ0v) is 9.90. The first-order valence-electron chi connectivity index (χ1n) is 4.45. The summed E-state index contributed by atoms with van der Waals surface area (Å²) in [5.41, 5.74) is 1.10. The van der Waals surface area contributed by atoms with Crippen LogP contribution in [0, 0.1) is 0 Å². The highest BCUT2D eigenvalue weighted by Crippen LogP contribution is 2.38. The van der Waals surface area contributed by atoms with Gasteiger partial charge in [-0.05, 0) is 17.7 Å². The number of fused-ring (bicyclic) bond motifs is 1. The summed E-state index contributed by atoms with van der Waals surface area (Å²) in [6.07, 6.45) is 0.897. The van der Waals surface area contributed by atoms with Gasteiger partial charge in [-0.3, -0.25) is 0 Å². The number of benzene rings is 1. The monoisotopic (exact) mass is 276 g/mol. The van der Waals surface area contributed by atoms with E-state index in [0.29, 0.717) is 24.0 Å². The summed E-state index contributed by atoms with van der Waals surface area (Å²) in [5.74, 6) is 1.43. The molecule has 0 fully saturated rings. The Morgan fingerprint density at radius 3 is 2.86 bits per heavy atom. The lowest BCUT2D eigenvalue weighted by atomic mass is 10.2. The fourth-order valence-corrected chi connectivity index (χ4v) is 1.97. The Morgan fingerprint density at radius 1 is 1.29 bits per heavy atom. The predicted octanol–water partition coefficient (Wildman–Crippen LogP) is 3.40. The molecule has 2 rings (SSSR count). The number of ether oxygens (including phenoxy) is 2. The number of rotatable bonds is 1. The quantitative estimate of drug-likeness (QED) is 0.733. The van der Waals surface area contributed by atoms with Gasteiger partial charge in [-0.25, -0.2) is 0 Å². The zero-order valence-electron chi connectivity index (χ0n) is 7.56. The lowest BCUT2D eigenvalue weighted by Crippen LogP contribution is -1.97. The number of halogens is 2. The van der Waals surface area contributed by atoms with E-state index in [4.69, 9.17) is 21.1 Å². The Hall–Kier alpha value is -0.410. The molecule has 14 heavy (non-hydrogen) atoms. The molecule has 0 aromatic heterocycles. The van der Waals surface area contributed by atoms with Crippen molar-refractivity contribution in [3.8, 4) is 11.5 Å². The molecule has 0 radical (unpaired) electrons. The third-order valence-corrected chi connectivity index (χ3v) is 2.94. The Morgan fingerprint density at radius 2 is 2.07 bits per heavy atom. The molecule has 76 valence electrons. The van der Waals surface area contributed by atoms with Gasteiger partial charge in [0.25, 0.3) is 0 Å². The van der Waals surface area contributed by atoms with Crippen LogP contribution in [0.4, 0.5) is 0 Å². The van der Waals surface area contributed by atoms with Crippen LogP contribution in [-0.4, -0.2) is 13.2 Å². The lowest BCUT2D eigenvalue weighted by Gasteiger charge is -2.10. The van der Waals surface area contributed by atoms with Crippen molar-refractivity contribution in [1.29, 1.82) is 0 Å². The third-order valence-electron chi connectivity index (χ3n) is 2.02. The maximum Gasteiger partial charge on any atom is 0.179 e. The second-order valence-electron chi connectivity index (χ2n) is 3.09. The Labute approximate surface area is 96.3 Å². The van der Waals surface area contributed by atoms with Gasteiger partial charge in [0.05, 0.1) is 18.2 Å². The second-order valence-corrected chi connectivity index (χ2v) is 4.06. The molecule has 1 heterocycles. The van der Waals surface area contributed by atoms with E-state index in [-0.39, 0.29) is 0 Å². The minimum atomic E-state index is 0.624. The molecule has 0 saturated carbocycles. The van der Waals surface area contributed by atoms with Gasteiger partial charge < -0.3 is 9.47 Å². The highest BCUT2D eigenvalue weighted by molar-refractivity contribution is 9.08. The highest BCUT2D eigenvalue weighted by atomic mass is 79.9. The first-order chi connectivity index (χ1) is 6.81. The minimum absolute atomic E-state index is 0.624. The number of hydrogen-bond donors (Lipinski definition) is 0. The molecule has 1 aromatic rings. The van der Waals surface area contributed by atoms with Crippen LogP contribution in [0.2, 0.25) is 5.02 Å². The van der Waals surface area contributed by atoms with E-state index in [9.17, 15) is 0 Å². The SMILES string of the molecule is Clc1cc(CBr)cc2c1OCCCO2. The van der Waals surface area contributed by atoms with E-state index in [2.05, 4.69) is 15.9 Å². The molecule has 0 spiro atoms. The molecule has 0 N–H and O–H groups in total. The van der Waals surface area contributed by atoms with Crippen LogP contribution < -0.4 is 9.47 Å². The number of hydrogen-bond acceptors (Lipinski definition) is 2. The molecule has 0 bridgehead atoms. The third kappa shape index (κ3) is 1.98. The van der Waals surface area contributed by atoms with E-state index in [1.165, 1.54) is 0 Å². The van der Waals surface area contributed by atoms with Crippen molar-refractivity contribution < 1.29 is 9.47 Å². The minimum Gasteiger partial charge on any atom is -0.489 e. The van der Waals surface area contributed by atoms with Gasteiger partial charge in [0, 0.05) is 11.8 Å². The molecule has 1 aliphatic heterocycles. The first kappa shape index (κ1) is 10.1. The summed E-state index contributed by atoms with van der Waals surface area (Å²) < 4.78 is 11.0. The summed E-state index contributed by atoms with van der Waals surface area (Å²) in [4.78, 5) is 0. The molecular weight excluding hydrogens is 267 g/mol. The molecule has 0 saturated heterocycles. The average Bonchev–Trinajstić information content (AvgIpc) is 2.42. The molecule has 0 aliphatic carbocycles. The molecule has 0 amide bonds. The summed E-state index contributed by atoms with van der Waals surface area (Å²) >= 11 is 9.46. The van der Waals surface area contributed by atoms with Crippen molar-refractivity contribution in [1.82, 2.24) is 0 Å². The van der Waals surface area contributed by atoms with E-state index in [1.54, 1.807) is 0 Å². The maximum absolute atomic E-state index is 6.07. The average molecular weight is 278 g/mol. The van der Waals surface area contributed by atoms with Crippen molar-refractivity contribution in [3.05, 3.63) is 22.7 Å². The standard InChI is InChI=1S/C10H10BrClO2/c11-6-7-4-8(12)10-9(5-7)13-2-1-3-14-10/h4-5H,1-3,6H2. The van der Waals surface area contributed by atoms with E-state index in [0.717, 1.165) is 23.1 Å². The topological polar surface area (TPSA) is 18.5 Å². The van der Waals surface area contributed by atoms with Crippen LogP contribution >= 0.6 is 27.5 Å². The van der Waals surface area contributed by atoms with Gasteiger partial charge in [0.1, 0.15) is 0 Å². The van der Waals surface area contributed by atoms with E-state index >= 15 is 0 Å². The van der Waals surface area contributed by atoms with Crippen molar-refractivity contribution in [2.75, 3.05) is 13.2 Å². The van der Waals surface area contributed by atoms with Gasteiger partial charge in [-0.2, -0.15) is 0 Å². The van der Waals surface area contributed by atoms with Gasteiger partial charge in [-0.15, -0.1) is 0 Å². The van der Waals surface area contributed by atoms with Crippen LogP contribution in [0.25, 0.3) is 0 Å². The predicted molar refractivity (Wildman–Crippen MR) is 59.7 cm³/mol. The molecule has 0 unspecified atom stereocenters. The fourth-order valence-electron chi connectivity index (χ4n) is 1.36. The van der Waals surface area contributed by atoms with Crippen molar-refractivity contribution >= 4 is 27.5 Å². The molecule has 1 aliphatic rings. The van der Waals surface area contributed by atoms with Crippen LogP contribution in [0.3, 0.4) is 0 Å². The highest BCUT2D eigenvalue weighted by Gasteiger charge is 2.14. The zero-order chi connectivity index (χ0) is 9.97.